The van der Waals surface area contributed by atoms with Gasteiger partial charge in [-0.2, -0.15) is 0 Å². The van der Waals surface area contributed by atoms with Crippen LogP contribution in [0.15, 0.2) is 18.2 Å². The molecule has 0 radical (unpaired) electrons. The van der Waals surface area contributed by atoms with Gasteiger partial charge in [0.25, 0.3) is 0 Å². The van der Waals surface area contributed by atoms with E-state index < -0.39 is 67.2 Å². The Bertz CT molecular complexity index is 815. The molecule has 1 aromatic rings. The number of methoxy groups -OCH3 is 1. The van der Waals surface area contributed by atoms with Gasteiger partial charge in [0.05, 0.1) is 19.3 Å². The molecule has 0 bridgehead atoms. The standard InChI is InChI=1S/C22H34O12/c1-5-22(30,11(3)24)21(29)32-9-15-17(26)18(27)19(28)20(34-15)33-13-7-6-12(8-14(13)31-4)16(25)10(2)23/h6-8,10-11,15-20,23-28,30H,5,9H2,1-4H3/t10?,11?,15-,16?,17-,18+,19-,20-,22?/m1/s1. The van der Waals surface area contributed by atoms with Crippen LogP contribution in [0.2, 0.25) is 0 Å². The summed E-state index contributed by atoms with van der Waals surface area (Å²) in [5, 5.41) is 70.4. The fourth-order valence-electron chi connectivity index (χ4n) is 3.41. The third-order valence-corrected chi connectivity index (χ3v) is 5.86. The maximum absolute atomic E-state index is 12.3. The number of hydrogen-bond acceptors (Lipinski definition) is 12. The van der Waals surface area contributed by atoms with Gasteiger partial charge in [-0.05, 0) is 38.0 Å². The Labute approximate surface area is 196 Å². The second-order valence-electron chi connectivity index (χ2n) is 8.28. The molecule has 194 valence electrons. The van der Waals surface area contributed by atoms with Crippen LogP contribution in [0, 0.1) is 0 Å². The Morgan fingerprint density at radius 3 is 2.26 bits per heavy atom. The SMILES string of the molecule is CCC(O)(C(=O)OC[C@H]1O[C@@H](Oc2ccc(C(O)C(C)O)cc2OC)[C@H](O)[C@@H](O)[C@@H]1O)C(C)O. The van der Waals surface area contributed by atoms with Crippen LogP contribution in [0.25, 0.3) is 0 Å². The highest BCUT2D eigenvalue weighted by Gasteiger charge is 2.47. The lowest BCUT2D eigenvalue weighted by molar-refractivity contribution is -0.280. The van der Waals surface area contributed by atoms with E-state index in [9.17, 15) is 40.5 Å². The summed E-state index contributed by atoms with van der Waals surface area (Å²) < 4.78 is 21.4. The lowest BCUT2D eigenvalue weighted by atomic mass is 9.95. The summed E-state index contributed by atoms with van der Waals surface area (Å²) in [6, 6.07) is 4.26. The van der Waals surface area contributed by atoms with Crippen molar-refractivity contribution in [1.82, 2.24) is 0 Å². The lowest BCUT2D eigenvalue weighted by Gasteiger charge is -2.40. The summed E-state index contributed by atoms with van der Waals surface area (Å²) in [5.74, 6) is -0.962. The van der Waals surface area contributed by atoms with Crippen molar-refractivity contribution in [1.29, 1.82) is 0 Å². The molecule has 12 heteroatoms. The Hall–Kier alpha value is -2.03. The highest BCUT2D eigenvalue weighted by Crippen LogP contribution is 2.34. The molecular weight excluding hydrogens is 456 g/mol. The number of esters is 1. The molecule has 0 spiro atoms. The fraction of sp³-hybridized carbons (Fsp3) is 0.682. The summed E-state index contributed by atoms with van der Waals surface area (Å²) in [6.07, 6.45) is -11.7. The molecule has 2 rings (SSSR count). The van der Waals surface area contributed by atoms with E-state index in [1.807, 2.05) is 0 Å². The van der Waals surface area contributed by atoms with Crippen molar-refractivity contribution >= 4 is 5.97 Å². The highest BCUT2D eigenvalue weighted by molar-refractivity contribution is 5.80. The molecule has 1 aliphatic rings. The molecule has 1 aromatic carbocycles. The normalized spacial score (nSPS) is 29.4. The molecule has 12 nitrogen and oxygen atoms in total. The highest BCUT2D eigenvalue weighted by atomic mass is 16.7. The van der Waals surface area contributed by atoms with Gasteiger partial charge in [0.2, 0.25) is 6.29 Å². The first kappa shape index (κ1) is 28.2. The van der Waals surface area contributed by atoms with Crippen molar-refractivity contribution in [2.45, 2.75) is 81.8 Å². The number of rotatable bonds is 10. The molecule has 0 aromatic heterocycles. The van der Waals surface area contributed by atoms with Gasteiger partial charge in [-0.15, -0.1) is 0 Å². The number of benzene rings is 1. The van der Waals surface area contributed by atoms with Crippen molar-refractivity contribution in [2.24, 2.45) is 0 Å². The average Bonchev–Trinajstić information content (AvgIpc) is 2.82. The Morgan fingerprint density at radius 1 is 1.09 bits per heavy atom. The van der Waals surface area contributed by atoms with Crippen molar-refractivity contribution in [2.75, 3.05) is 13.7 Å². The van der Waals surface area contributed by atoms with Crippen molar-refractivity contribution in [3.63, 3.8) is 0 Å². The Morgan fingerprint density at radius 2 is 1.74 bits per heavy atom. The second kappa shape index (κ2) is 11.6. The van der Waals surface area contributed by atoms with Crippen molar-refractivity contribution in [3.05, 3.63) is 23.8 Å². The monoisotopic (exact) mass is 490 g/mol. The lowest BCUT2D eigenvalue weighted by Crippen LogP contribution is -2.60. The summed E-state index contributed by atoms with van der Waals surface area (Å²) in [7, 11) is 1.33. The van der Waals surface area contributed by atoms with E-state index in [-0.39, 0.29) is 17.9 Å². The summed E-state index contributed by atoms with van der Waals surface area (Å²) in [6.45, 7) is 3.49. The largest absolute Gasteiger partial charge is 0.493 e. The van der Waals surface area contributed by atoms with Crippen LogP contribution in [-0.4, -0.2) is 104 Å². The molecule has 9 atom stereocenters. The topological polar surface area (TPSA) is 196 Å². The summed E-state index contributed by atoms with van der Waals surface area (Å²) in [5.41, 5.74) is -1.83. The smallest absolute Gasteiger partial charge is 0.340 e. The van der Waals surface area contributed by atoms with E-state index in [0.29, 0.717) is 5.56 Å². The fourth-order valence-corrected chi connectivity index (χ4v) is 3.41. The zero-order valence-electron chi connectivity index (χ0n) is 19.4. The van der Waals surface area contributed by atoms with Crippen LogP contribution in [-0.2, 0) is 14.3 Å². The Balaban J connectivity index is 2.17. The number of hydrogen-bond donors (Lipinski definition) is 7. The minimum Gasteiger partial charge on any atom is -0.493 e. The Kier molecular flexibility index (Phi) is 9.62. The molecular formula is C22H34O12. The van der Waals surface area contributed by atoms with Crippen LogP contribution < -0.4 is 9.47 Å². The molecule has 1 aliphatic heterocycles. The van der Waals surface area contributed by atoms with Crippen LogP contribution in [0.4, 0.5) is 0 Å². The first-order valence-electron chi connectivity index (χ1n) is 10.8. The van der Waals surface area contributed by atoms with E-state index in [2.05, 4.69) is 0 Å². The van der Waals surface area contributed by atoms with E-state index in [1.54, 1.807) is 0 Å². The molecule has 0 aliphatic carbocycles. The summed E-state index contributed by atoms with van der Waals surface area (Å²) >= 11 is 0. The predicted octanol–water partition coefficient (Wildman–Crippen LogP) is -1.64. The van der Waals surface area contributed by atoms with Crippen LogP contribution in [0.1, 0.15) is 38.9 Å². The molecule has 0 amide bonds. The van der Waals surface area contributed by atoms with Gasteiger partial charge < -0.3 is 54.7 Å². The van der Waals surface area contributed by atoms with Crippen molar-refractivity contribution in [3.8, 4) is 11.5 Å². The van der Waals surface area contributed by atoms with Crippen LogP contribution in [0.3, 0.4) is 0 Å². The van der Waals surface area contributed by atoms with E-state index in [0.717, 1.165) is 0 Å². The summed E-state index contributed by atoms with van der Waals surface area (Å²) in [4.78, 5) is 12.3. The first-order chi connectivity index (χ1) is 15.9. The minimum atomic E-state index is -2.17. The third-order valence-electron chi connectivity index (χ3n) is 5.86. The van der Waals surface area contributed by atoms with E-state index in [1.165, 1.54) is 46.1 Å². The van der Waals surface area contributed by atoms with Gasteiger partial charge in [-0.3, -0.25) is 0 Å². The van der Waals surface area contributed by atoms with Gasteiger partial charge in [-0.1, -0.05) is 13.0 Å². The quantitative estimate of drug-likeness (QED) is 0.185. The molecule has 0 saturated carbocycles. The molecule has 1 fully saturated rings. The van der Waals surface area contributed by atoms with Crippen LogP contribution in [0.5, 0.6) is 11.5 Å². The number of ether oxygens (including phenoxy) is 4. The maximum atomic E-state index is 12.3. The number of aliphatic hydroxyl groups is 7. The number of carbonyl (C=O) groups excluding carboxylic acids is 1. The van der Waals surface area contributed by atoms with Gasteiger partial charge in [0, 0.05) is 0 Å². The molecule has 34 heavy (non-hydrogen) atoms. The zero-order valence-corrected chi connectivity index (χ0v) is 19.4. The molecule has 4 unspecified atom stereocenters. The van der Waals surface area contributed by atoms with Crippen LogP contribution >= 0.6 is 0 Å². The van der Waals surface area contributed by atoms with Gasteiger partial charge in [0.15, 0.2) is 17.1 Å². The third kappa shape index (κ3) is 5.96. The maximum Gasteiger partial charge on any atom is 0.340 e. The van der Waals surface area contributed by atoms with Gasteiger partial charge in [0.1, 0.15) is 37.1 Å². The molecule has 7 N–H and O–H groups in total. The molecule has 1 saturated heterocycles. The minimum absolute atomic E-state index is 0.0573. The predicted molar refractivity (Wildman–Crippen MR) is 115 cm³/mol. The van der Waals surface area contributed by atoms with Crippen molar-refractivity contribution < 1.29 is 59.5 Å². The second-order valence-corrected chi connectivity index (χ2v) is 8.28. The van der Waals surface area contributed by atoms with Gasteiger partial charge >= 0.3 is 5.97 Å². The average molecular weight is 491 g/mol. The van der Waals surface area contributed by atoms with E-state index in [4.69, 9.17) is 18.9 Å². The first-order valence-corrected chi connectivity index (χ1v) is 10.8. The number of aliphatic hydroxyl groups excluding tert-OH is 6. The zero-order chi connectivity index (χ0) is 25.8. The molecule has 1 heterocycles. The van der Waals surface area contributed by atoms with E-state index >= 15 is 0 Å². The number of carbonyl (C=O) groups is 1. The van der Waals surface area contributed by atoms with Gasteiger partial charge in [-0.25, -0.2) is 4.79 Å².